The minimum Gasteiger partial charge on any atom is -0.350 e. The van der Waals surface area contributed by atoms with Crippen molar-refractivity contribution >= 4 is 16.8 Å². The summed E-state index contributed by atoms with van der Waals surface area (Å²) in [5, 5.41) is 1.08. The Balaban J connectivity index is 1.68. The van der Waals surface area contributed by atoms with Crippen LogP contribution in [0.2, 0.25) is 0 Å². The van der Waals surface area contributed by atoms with Gasteiger partial charge in [0, 0.05) is 62.7 Å². The van der Waals surface area contributed by atoms with Gasteiger partial charge in [-0.2, -0.15) is 0 Å². The molecule has 1 aliphatic rings. The third-order valence-corrected chi connectivity index (χ3v) is 6.13. The fraction of sp³-hybridized carbons (Fsp3) is 0.375. The minimum absolute atomic E-state index is 0.0990. The second kappa shape index (κ2) is 8.37. The molecular formula is C24H28FN3O. The number of halogens is 1. The molecule has 2 heterocycles. The van der Waals surface area contributed by atoms with Gasteiger partial charge < -0.3 is 14.4 Å². The van der Waals surface area contributed by atoms with Crippen LogP contribution in [0.4, 0.5) is 4.39 Å². The molecular weight excluding hydrogens is 365 g/mol. The lowest BCUT2D eigenvalue weighted by Gasteiger charge is -2.35. The van der Waals surface area contributed by atoms with Crippen molar-refractivity contribution in [3.8, 4) is 0 Å². The van der Waals surface area contributed by atoms with Gasteiger partial charge in [-0.3, -0.25) is 4.79 Å². The van der Waals surface area contributed by atoms with Crippen molar-refractivity contribution < 1.29 is 9.18 Å². The largest absolute Gasteiger partial charge is 0.350 e. The molecule has 5 heteroatoms. The summed E-state index contributed by atoms with van der Waals surface area (Å²) in [5.74, 6) is -0.463. The predicted molar refractivity (Wildman–Crippen MR) is 114 cm³/mol. The van der Waals surface area contributed by atoms with E-state index in [1.807, 2.05) is 42.4 Å². The fourth-order valence-electron chi connectivity index (χ4n) is 4.41. The topological polar surface area (TPSA) is 28.5 Å². The summed E-state index contributed by atoms with van der Waals surface area (Å²) >= 11 is 0. The monoisotopic (exact) mass is 393 g/mol. The van der Waals surface area contributed by atoms with E-state index < -0.39 is 0 Å². The maximum atomic E-state index is 14.8. The van der Waals surface area contributed by atoms with Crippen LogP contribution in [0.3, 0.4) is 0 Å². The lowest BCUT2D eigenvalue weighted by Crippen LogP contribution is -2.48. The molecule has 0 bridgehead atoms. The Bertz CT molecular complexity index is 1000. The van der Waals surface area contributed by atoms with E-state index in [0.29, 0.717) is 5.56 Å². The number of hydrogen-bond acceptors (Lipinski definition) is 2. The molecule has 1 aromatic heterocycles. The quantitative estimate of drug-likeness (QED) is 0.655. The van der Waals surface area contributed by atoms with Gasteiger partial charge >= 0.3 is 0 Å². The molecule has 0 spiro atoms. The first kappa shape index (κ1) is 19.6. The number of carbonyl (C=O) groups excluding carboxylic acids is 1. The van der Waals surface area contributed by atoms with Crippen molar-refractivity contribution in [1.29, 1.82) is 0 Å². The minimum atomic E-state index is -0.306. The number of benzene rings is 2. The molecule has 4 nitrogen and oxygen atoms in total. The first-order chi connectivity index (χ1) is 14.1. The molecule has 1 saturated heterocycles. The Kier molecular flexibility index (Phi) is 5.67. The zero-order valence-electron chi connectivity index (χ0n) is 17.1. The highest BCUT2D eigenvalue weighted by atomic mass is 19.1. The lowest BCUT2D eigenvalue weighted by atomic mass is 9.87. The predicted octanol–water partition coefficient (Wildman–Crippen LogP) is 4.00. The van der Waals surface area contributed by atoms with E-state index in [0.717, 1.165) is 49.2 Å². The third kappa shape index (κ3) is 3.92. The van der Waals surface area contributed by atoms with Gasteiger partial charge in [-0.25, -0.2) is 4.39 Å². The summed E-state index contributed by atoms with van der Waals surface area (Å²) in [7, 11) is 2.00. The molecule has 1 fully saturated rings. The number of nitrogens with zero attached hydrogens (tertiary/aromatic N) is 3. The molecule has 4 rings (SSSR count). The molecule has 3 aromatic rings. The number of piperazine rings is 1. The van der Waals surface area contributed by atoms with Gasteiger partial charge in [0.1, 0.15) is 5.82 Å². The second-order valence-electron chi connectivity index (χ2n) is 7.81. The van der Waals surface area contributed by atoms with Crippen LogP contribution < -0.4 is 0 Å². The standard InChI is InChI=1S/C24H28FN3O/c1-3-27-12-14-28(15-13-27)24(29)16-20(18-8-4-6-10-22(18)25)21-17-26(2)23-11-7-5-9-19(21)23/h4-11,17,20H,3,12-16H2,1-2H3/t20-/m1/s1. The molecule has 1 amide bonds. The van der Waals surface area contributed by atoms with Crippen LogP contribution in [-0.4, -0.2) is 53.0 Å². The second-order valence-corrected chi connectivity index (χ2v) is 7.81. The number of amides is 1. The number of para-hydroxylation sites is 1. The number of aryl methyl sites for hydroxylation is 1. The number of aromatic nitrogens is 1. The van der Waals surface area contributed by atoms with E-state index in [1.54, 1.807) is 6.07 Å². The first-order valence-corrected chi connectivity index (χ1v) is 10.4. The Morgan fingerprint density at radius 2 is 1.69 bits per heavy atom. The van der Waals surface area contributed by atoms with Crippen LogP contribution in [0, 0.1) is 5.82 Å². The summed E-state index contributed by atoms with van der Waals surface area (Å²) < 4.78 is 16.8. The number of likely N-dealkylation sites (N-methyl/N-ethyl adjacent to an activating group) is 1. The molecule has 1 atom stereocenters. The number of rotatable bonds is 5. The van der Waals surface area contributed by atoms with Crippen LogP contribution in [0.25, 0.3) is 10.9 Å². The van der Waals surface area contributed by atoms with Crippen molar-refractivity contribution in [1.82, 2.24) is 14.4 Å². The van der Waals surface area contributed by atoms with Gasteiger partial charge in [-0.05, 0) is 29.8 Å². The molecule has 1 aliphatic heterocycles. The average molecular weight is 394 g/mol. The molecule has 0 saturated carbocycles. The maximum Gasteiger partial charge on any atom is 0.223 e. The Morgan fingerprint density at radius 3 is 2.41 bits per heavy atom. The van der Waals surface area contributed by atoms with Crippen LogP contribution in [0.5, 0.6) is 0 Å². The summed E-state index contributed by atoms with van der Waals surface area (Å²) in [6, 6.07) is 15.0. The number of fused-ring (bicyclic) bond motifs is 1. The normalized spacial score (nSPS) is 16.3. The van der Waals surface area contributed by atoms with Crippen LogP contribution in [0.15, 0.2) is 54.7 Å². The molecule has 29 heavy (non-hydrogen) atoms. The molecule has 0 N–H and O–H groups in total. The highest BCUT2D eigenvalue weighted by Crippen LogP contribution is 2.36. The summed E-state index contributed by atoms with van der Waals surface area (Å²) in [6.07, 6.45) is 2.32. The van der Waals surface area contributed by atoms with Gasteiger partial charge in [-0.1, -0.05) is 43.3 Å². The first-order valence-electron chi connectivity index (χ1n) is 10.4. The zero-order valence-corrected chi connectivity index (χ0v) is 17.1. The fourth-order valence-corrected chi connectivity index (χ4v) is 4.41. The highest BCUT2D eigenvalue weighted by Gasteiger charge is 2.28. The van der Waals surface area contributed by atoms with E-state index >= 15 is 0 Å². The van der Waals surface area contributed by atoms with Crippen molar-refractivity contribution in [2.45, 2.75) is 19.3 Å². The van der Waals surface area contributed by atoms with Crippen LogP contribution >= 0.6 is 0 Å². The van der Waals surface area contributed by atoms with Gasteiger partial charge in [0.15, 0.2) is 0 Å². The van der Waals surface area contributed by atoms with E-state index in [9.17, 15) is 9.18 Å². The number of carbonyl (C=O) groups is 1. The zero-order chi connectivity index (χ0) is 20.4. The Hall–Kier alpha value is -2.66. The molecule has 0 unspecified atom stereocenters. The van der Waals surface area contributed by atoms with Crippen LogP contribution in [-0.2, 0) is 11.8 Å². The van der Waals surface area contributed by atoms with Crippen LogP contribution in [0.1, 0.15) is 30.4 Å². The Labute approximate surface area is 171 Å². The molecule has 0 radical (unpaired) electrons. The average Bonchev–Trinajstić information content (AvgIpc) is 3.09. The van der Waals surface area contributed by atoms with Gasteiger partial charge in [0.2, 0.25) is 5.91 Å². The van der Waals surface area contributed by atoms with Crippen molar-refractivity contribution in [3.63, 3.8) is 0 Å². The van der Waals surface area contributed by atoms with E-state index in [1.165, 1.54) is 6.07 Å². The van der Waals surface area contributed by atoms with Gasteiger partial charge in [-0.15, -0.1) is 0 Å². The smallest absolute Gasteiger partial charge is 0.223 e. The van der Waals surface area contributed by atoms with Gasteiger partial charge in [0.05, 0.1) is 0 Å². The van der Waals surface area contributed by atoms with Crippen molar-refractivity contribution in [2.24, 2.45) is 7.05 Å². The van der Waals surface area contributed by atoms with E-state index in [-0.39, 0.29) is 24.1 Å². The maximum absolute atomic E-state index is 14.8. The summed E-state index contributed by atoms with van der Waals surface area (Å²) in [4.78, 5) is 17.5. The summed E-state index contributed by atoms with van der Waals surface area (Å²) in [6.45, 7) is 6.45. The third-order valence-electron chi connectivity index (χ3n) is 6.13. The summed E-state index contributed by atoms with van der Waals surface area (Å²) in [5.41, 5.74) is 2.69. The van der Waals surface area contributed by atoms with Crippen molar-refractivity contribution in [3.05, 3.63) is 71.7 Å². The Morgan fingerprint density at radius 1 is 1.00 bits per heavy atom. The van der Waals surface area contributed by atoms with Gasteiger partial charge in [0.25, 0.3) is 0 Å². The lowest BCUT2D eigenvalue weighted by molar-refractivity contribution is -0.133. The van der Waals surface area contributed by atoms with E-state index in [4.69, 9.17) is 0 Å². The SMILES string of the molecule is CCN1CCN(C(=O)C[C@H](c2ccccc2F)c2cn(C)c3ccccc23)CC1. The highest BCUT2D eigenvalue weighted by molar-refractivity contribution is 5.86. The molecule has 152 valence electrons. The van der Waals surface area contributed by atoms with E-state index in [2.05, 4.69) is 28.5 Å². The molecule has 2 aromatic carbocycles. The number of hydrogen-bond donors (Lipinski definition) is 0. The van der Waals surface area contributed by atoms with Crippen molar-refractivity contribution in [2.75, 3.05) is 32.7 Å². The molecule has 0 aliphatic carbocycles.